The summed E-state index contributed by atoms with van der Waals surface area (Å²) in [5, 5.41) is 0.281. The van der Waals surface area contributed by atoms with E-state index in [1.54, 1.807) is 13.8 Å². The monoisotopic (exact) mass is 190 g/mol. The third-order valence-corrected chi connectivity index (χ3v) is 1.99. The Labute approximate surface area is 75.2 Å². The fourth-order valence-electron chi connectivity index (χ4n) is 1.07. The van der Waals surface area contributed by atoms with Crippen LogP contribution in [-0.4, -0.2) is 0 Å². The van der Waals surface area contributed by atoms with E-state index >= 15 is 0 Å². The van der Waals surface area contributed by atoms with Crippen LogP contribution in [0, 0.1) is 11.6 Å². The van der Waals surface area contributed by atoms with E-state index in [-0.39, 0.29) is 16.5 Å². The molecular weight excluding hydrogens is 182 g/mol. The zero-order chi connectivity index (χ0) is 9.30. The predicted octanol–water partition coefficient (Wildman–Crippen LogP) is 3.74. The van der Waals surface area contributed by atoms with Crippen LogP contribution in [0.5, 0.6) is 0 Å². The summed E-state index contributed by atoms with van der Waals surface area (Å²) < 4.78 is 25.7. The lowest BCUT2D eigenvalue weighted by atomic mass is 10.0. The van der Waals surface area contributed by atoms with E-state index < -0.39 is 11.6 Å². The highest BCUT2D eigenvalue weighted by atomic mass is 35.5. The minimum Gasteiger partial charge on any atom is -0.204 e. The van der Waals surface area contributed by atoms with Crippen molar-refractivity contribution in [3.63, 3.8) is 0 Å². The Morgan fingerprint density at radius 2 is 1.83 bits per heavy atom. The van der Waals surface area contributed by atoms with Gasteiger partial charge in [-0.15, -0.1) is 0 Å². The number of rotatable bonds is 1. The van der Waals surface area contributed by atoms with Crippen LogP contribution in [0.1, 0.15) is 25.3 Å². The van der Waals surface area contributed by atoms with Crippen LogP contribution >= 0.6 is 11.6 Å². The van der Waals surface area contributed by atoms with Gasteiger partial charge in [0.1, 0.15) is 0 Å². The van der Waals surface area contributed by atoms with Crippen LogP contribution in [0.3, 0.4) is 0 Å². The molecule has 0 atom stereocenters. The van der Waals surface area contributed by atoms with Gasteiger partial charge in [0.25, 0.3) is 0 Å². The first kappa shape index (κ1) is 9.46. The summed E-state index contributed by atoms with van der Waals surface area (Å²) in [4.78, 5) is 0. The molecule has 0 radical (unpaired) electrons. The van der Waals surface area contributed by atoms with Crippen molar-refractivity contribution in [3.05, 3.63) is 34.4 Å². The SMILES string of the molecule is CC(C)c1c(Cl)ccc(F)c1F. The number of halogens is 3. The Morgan fingerprint density at radius 3 is 2.25 bits per heavy atom. The van der Waals surface area contributed by atoms with Crippen LogP contribution < -0.4 is 0 Å². The quantitative estimate of drug-likeness (QED) is 0.592. The Balaban J connectivity index is 3.33. The lowest BCUT2D eigenvalue weighted by Gasteiger charge is -2.09. The molecule has 66 valence electrons. The van der Waals surface area contributed by atoms with E-state index in [4.69, 9.17) is 11.6 Å². The summed E-state index contributed by atoms with van der Waals surface area (Å²) in [6, 6.07) is 2.40. The van der Waals surface area contributed by atoms with Crippen LogP contribution in [-0.2, 0) is 0 Å². The zero-order valence-corrected chi connectivity index (χ0v) is 7.62. The van der Waals surface area contributed by atoms with Crippen molar-refractivity contribution in [1.29, 1.82) is 0 Å². The van der Waals surface area contributed by atoms with Crippen molar-refractivity contribution >= 4 is 11.6 Å². The molecule has 0 N–H and O–H groups in total. The second-order valence-electron chi connectivity index (χ2n) is 2.91. The highest BCUT2D eigenvalue weighted by Crippen LogP contribution is 2.28. The van der Waals surface area contributed by atoms with E-state index in [1.807, 2.05) is 0 Å². The molecule has 0 heterocycles. The average Bonchev–Trinajstić information content (AvgIpc) is 1.97. The first-order valence-electron chi connectivity index (χ1n) is 3.67. The number of hydrogen-bond acceptors (Lipinski definition) is 0. The molecular formula is C9H9ClF2. The molecule has 0 saturated carbocycles. The average molecular weight is 191 g/mol. The Bertz CT molecular complexity index is 295. The molecule has 0 aliphatic carbocycles. The molecule has 0 nitrogen and oxygen atoms in total. The first-order chi connectivity index (χ1) is 5.54. The standard InChI is InChI=1S/C9H9ClF2/c1-5(2)8-6(10)3-4-7(11)9(8)12/h3-5H,1-2H3. The number of hydrogen-bond donors (Lipinski definition) is 0. The second kappa shape index (κ2) is 3.40. The fraction of sp³-hybridized carbons (Fsp3) is 0.333. The highest BCUT2D eigenvalue weighted by molar-refractivity contribution is 6.31. The first-order valence-corrected chi connectivity index (χ1v) is 4.05. The molecule has 3 heteroatoms. The molecule has 12 heavy (non-hydrogen) atoms. The molecule has 1 rings (SSSR count). The molecule has 0 saturated heterocycles. The maximum Gasteiger partial charge on any atom is 0.163 e. The normalized spacial score (nSPS) is 10.8. The fourth-order valence-corrected chi connectivity index (χ4v) is 1.44. The highest BCUT2D eigenvalue weighted by Gasteiger charge is 2.14. The zero-order valence-electron chi connectivity index (χ0n) is 6.87. The maximum atomic E-state index is 13.1. The molecule has 0 aliphatic heterocycles. The summed E-state index contributed by atoms with van der Waals surface area (Å²) in [6.07, 6.45) is 0. The van der Waals surface area contributed by atoms with Gasteiger partial charge >= 0.3 is 0 Å². The van der Waals surface area contributed by atoms with Crippen molar-refractivity contribution in [3.8, 4) is 0 Å². The Kier molecular flexibility index (Phi) is 2.68. The maximum absolute atomic E-state index is 13.1. The van der Waals surface area contributed by atoms with E-state index in [1.165, 1.54) is 6.07 Å². The molecule has 0 aliphatic rings. The third kappa shape index (κ3) is 1.58. The third-order valence-electron chi connectivity index (χ3n) is 1.66. The van der Waals surface area contributed by atoms with Gasteiger partial charge in [0.2, 0.25) is 0 Å². The van der Waals surface area contributed by atoms with Crippen molar-refractivity contribution in [1.82, 2.24) is 0 Å². The van der Waals surface area contributed by atoms with Gasteiger partial charge in [-0.05, 0) is 18.1 Å². The number of benzene rings is 1. The molecule has 0 aromatic heterocycles. The van der Waals surface area contributed by atoms with Gasteiger partial charge in [-0.1, -0.05) is 25.4 Å². The van der Waals surface area contributed by atoms with Crippen molar-refractivity contribution in [2.75, 3.05) is 0 Å². The summed E-state index contributed by atoms with van der Waals surface area (Å²) in [7, 11) is 0. The summed E-state index contributed by atoms with van der Waals surface area (Å²) in [5.74, 6) is -1.78. The molecule has 0 amide bonds. The van der Waals surface area contributed by atoms with E-state index in [0.717, 1.165) is 6.07 Å². The summed E-state index contributed by atoms with van der Waals surface area (Å²) in [5.41, 5.74) is 0.247. The van der Waals surface area contributed by atoms with Crippen LogP contribution in [0.15, 0.2) is 12.1 Å². The molecule has 0 fully saturated rings. The smallest absolute Gasteiger partial charge is 0.163 e. The molecule has 0 unspecified atom stereocenters. The van der Waals surface area contributed by atoms with Gasteiger partial charge in [0.15, 0.2) is 11.6 Å². The van der Waals surface area contributed by atoms with Crippen LogP contribution in [0.2, 0.25) is 5.02 Å². The van der Waals surface area contributed by atoms with Crippen LogP contribution in [0.25, 0.3) is 0 Å². The Hall–Kier alpha value is -0.630. The van der Waals surface area contributed by atoms with Gasteiger partial charge in [-0.2, -0.15) is 0 Å². The Morgan fingerprint density at radius 1 is 1.25 bits per heavy atom. The molecule has 0 spiro atoms. The van der Waals surface area contributed by atoms with E-state index in [0.29, 0.717) is 0 Å². The summed E-state index contributed by atoms with van der Waals surface area (Å²) in [6.45, 7) is 3.54. The van der Waals surface area contributed by atoms with Crippen LogP contribution in [0.4, 0.5) is 8.78 Å². The lowest BCUT2D eigenvalue weighted by Crippen LogP contribution is -1.97. The largest absolute Gasteiger partial charge is 0.204 e. The van der Waals surface area contributed by atoms with Crippen molar-refractivity contribution in [2.45, 2.75) is 19.8 Å². The predicted molar refractivity (Wildman–Crippen MR) is 45.5 cm³/mol. The van der Waals surface area contributed by atoms with Crippen molar-refractivity contribution < 1.29 is 8.78 Å². The van der Waals surface area contributed by atoms with Gasteiger partial charge in [-0.3, -0.25) is 0 Å². The minimum absolute atomic E-state index is 0.104. The van der Waals surface area contributed by atoms with Gasteiger partial charge in [0.05, 0.1) is 0 Å². The molecule has 1 aromatic carbocycles. The molecule has 1 aromatic rings. The lowest BCUT2D eigenvalue weighted by molar-refractivity contribution is 0.494. The van der Waals surface area contributed by atoms with Gasteiger partial charge in [-0.25, -0.2) is 8.78 Å². The molecule has 0 bridgehead atoms. The van der Waals surface area contributed by atoms with Gasteiger partial charge < -0.3 is 0 Å². The van der Waals surface area contributed by atoms with E-state index in [9.17, 15) is 8.78 Å². The summed E-state index contributed by atoms with van der Waals surface area (Å²) >= 11 is 5.69. The van der Waals surface area contributed by atoms with Gasteiger partial charge in [0, 0.05) is 10.6 Å². The minimum atomic E-state index is -0.844. The topological polar surface area (TPSA) is 0 Å². The van der Waals surface area contributed by atoms with Crippen molar-refractivity contribution in [2.24, 2.45) is 0 Å². The van der Waals surface area contributed by atoms with E-state index in [2.05, 4.69) is 0 Å². The second-order valence-corrected chi connectivity index (χ2v) is 3.32.